The first-order valence-electron chi connectivity index (χ1n) is 8.58. The smallest absolute Gasteiger partial charge is 0.125 e. The first-order valence-corrected chi connectivity index (χ1v) is 8.58. The van der Waals surface area contributed by atoms with E-state index in [2.05, 4.69) is 61.5 Å². The van der Waals surface area contributed by atoms with E-state index in [4.69, 9.17) is 0 Å². The van der Waals surface area contributed by atoms with Gasteiger partial charge in [0, 0.05) is 23.2 Å². The van der Waals surface area contributed by atoms with E-state index in [-0.39, 0.29) is 5.82 Å². The molecular weight excluding hydrogens is 311 g/mol. The predicted molar refractivity (Wildman–Crippen MR) is 103 cm³/mol. The number of rotatable bonds is 4. The summed E-state index contributed by atoms with van der Waals surface area (Å²) in [6, 6.07) is 14.9. The summed E-state index contributed by atoms with van der Waals surface area (Å²) >= 11 is 0. The molecule has 1 heterocycles. The third kappa shape index (κ3) is 3.41. The molecule has 0 aliphatic heterocycles. The topological polar surface area (TPSA) is 17.3 Å². The zero-order chi connectivity index (χ0) is 18.0. The van der Waals surface area contributed by atoms with Gasteiger partial charge < -0.3 is 4.57 Å². The van der Waals surface area contributed by atoms with Crippen LogP contribution in [-0.4, -0.2) is 10.8 Å². The molecule has 1 aromatic heterocycles. The van der Waals surface area contributed by atoms with Crippen molar-refractivity contribution in [3.8, 4) is 5.69 Å². The third-order valence-electron chi connectivity index (χ3n) is 4.56. The standard InChI is InChI=1S/C22H23FN2/c1-5-18-9-6-8-15(2)22(18)25-16(3)12-19(17(25)4)14-24-21-11-7-10-20(23)13-21/h6-14H,5H2,1-4H3. The first-order chi connectivity index (χ1) is 12.0. The highest BCUT2D eigenvalue weighted by atomic mass is 19.1. The van der Waals surface area contributed by atoms with Crippen LogP contribution >= 0.6 is 0 Å². The van der Waals surface area contributed by atoms with Gasteiger partial charge in [0.2, 0.25) is 0 Å². The molecule has 0 N–H and O–H groups in total. The Hall–Kier alpha value is -2.68. The molecule has 128 valence electrons. The molecule has 0 spiro atoms. The second-order valence-electron chi connectivity index (χ2n) is 6.34. The van der Waals surface area contributed by atoms with Crippen molar-refractivity contribution in [1.82, 2.24) is 4.57 Å². The van der Waals surface area contributed by atoms with Gasteiger partial charge in [-0.15, -0.1) is 0 Å². The molecule has 0 aliphatic carbocycles. The normalized spacial score (nSPS) is 11.4. The number of nitrogens with zero attached hydrogens (tertiary/aromatic N) is 2. The Morgan fingerprint density at radius 2 is 1.80 bits per heavy atom. The molecule has 3 rings (SSSR count). The second kappa shape index (κ2) is 7.06. The van der Waals surface area contributed by atoms with Crippen LogP contribution < -0.4 is 0 Å². The van der Waals surface area contributed by atoms with Crippen LogP contribution in [0.15, 0.2) is 53.5 Å². The summed E-state index contributed by atoms with van der Waals surface area (Å²) in [4.78, 5) is 4.43. The maximum absolute atomic E-state index is 13.3. The number of aliphatic imine (C=N–C) groups is 1. The summed E-state index contributed by atoms with van der Waals surface area (Å²) in [6.07, 6.45) is 2.80. The van der Waals surface area contributed by atoms with Gasteiger partial charge in [0.15, 0.2) is 0 Å². The largest absolute Gasteiger partial charge is 0.317 e. The zero-order valence-electron chi connectivity index (χ0n) is 15.2. The van der Waals surface area contributed by atoms with E-state index in [1.165, 1.54) is 34.6 Å². The number of hydrogen-bond donors (Lipinski definition) is 0. The van der Waals surface area contributed by atoms with Crippen molar-refractivity contribution in [3.05, 3.63) is 82.4 Å². The Kier molecular flexibility index (Phi) is 4.84. The Morgan fingerprint density at radius 3 is 2.52 bits per heavy atom. The lowest BCUT2D eigenvalue weighted by Crippen LogP contribution is -2.05. The van der Waals surface area contributed by atoms with E-state index in [0.717, 1.165) is 17.7 Å². The minimum absolute atomic E-state index is 0.271. The average Bonchev–Trinajstić information content (AvgIpc) is 2.87. The van der Waals surface area contributed by atoms with Gasteiger partial charge in [0.05, 0.1) is 11.4 Å². The van der Waals surface area contributed by atoms with Crippen LogP contribution in [0.1, 0.15) is 35.0 Å². The fourth-order valence-electron chi connectivity index (χ4n) is 3.29. The zero-order valence-corrected chi connectivity index (χ0v) is 15.2. The molecule has 0 bridgehead atoms. The number of halogens is 1. The van der Waals surface area contributed by atoms with Gasteiger partial charge in [-0.3, -0.25) is 4.99 Å². The van der Waals surface area contributed by atoms with Crippen molar-refractivity contribution in [2.45, 2.75) is 34.1 Å². The van der Waals surface area contributed by atoms with Crippen LogP contribution in [0.25, 0.3) is 5.69 Å². The van der Waals surface area contributed by atoms with Crippen LogP contribution in [0.2, 0.25) is 0 Å². The maximum atomic E-state index is 13.3. The van der Waals surface area contributed by atoms with E-state index in [1.54, 1.807) is 12.1 Å². The number of aromatic nitrogens is 1. The molecule has 0 atom stereocenters. The summed E-state index contributed by atoms with van der Waals surface area (Å²) in [5.41, 5.74) is 7.82. The third-order valence-corrected chi connectivity index (χ3v) is 4.56. The van der Waals surface area contributed by atoms with Crippen molar-refractivity contribution in [2.24, 2.45) is 4.99 Å². The lowest BCUT2D eigenvalue weighted by Gasteiger charge is -2.17. The first kappa shape index (κ1) is 17.2. The maximum Gasteiger partial charge on any atom is 0.125 e. The Labute approximate surface area is 148 Å². The quantitative estimate of drug-likeness (QED) is 0.532. The summed E-state index contributed by atoms with van der Waals surface area (Å²) in [5, 5.41) is 0. The minimum Gasteiger partial charge on any atom is -0.317 e. The van der Waals surface area contributed by atoms with E-state index < -0.39 is 0 Å². The Balaban J connectivity index is 2.06. The van der Waals surface area contributed by atoms with Gasteiger partial charge in [-0.25, -0.2) is 4.39 Å². The van der Waals surface area contributed by atoms with Crippen molar-refractivity contribution in [2.75, 3.05) is 0 Å². The fourth-order valence-corrected chi connectivity index (χ4v) is 3.29. The van der Waals surface area contributed by atoms with Crippen molar-refractivity contribution >= 4 is 11.9 Å². The van der Waals surface area contributed by atoms with Crippen LogP contribution in [0.5, 0.6) is 0 Å². The Morgan fingerprint density at radius 1 is 1.04 bits per heavy atom. The van der Waals surface area contributed by atoms with Gasteiger partial charge in [0.25, 0.3) is 0 Å². The number of aryl methyl sites for hydroxylation is 3. The Bertz CT molecular complexity index is 935. The highest BCUT2D eigenvalue weighted by Gasteiger charge is 2.14. The summed E-state index contributed by atoms with van der Waals surface area (Å²) in [7, 11) is 0. The molecule has 2 nitrogen and oxygen atoms in total. The number of benzene rings is 2. The van der Waals surface area contributed by atoms with Gasteiger partial charge in [-0.2, -0.15) is 0 Å². The molecule has 0 unspecified atom stereocenters. The van der Waals surface area contributed by atoms with Gasteiger partial charge >= 0.3 is 0 Å². The van der Waals surface area contributed by atoms with Gasteiger partial charge in [-0.1, -0.05) is 31.2 Å². The lowest BCUT2D eigenvalue weighted by molar-refractivity contribution is 0.628. The SMILES string of the molecule is CCc1cccc(C)c1-n1c(C)cc(C=Nc2cccc(F)c2)c1C. The monoisotopic (exact) mass is 334 g/mol. The van der Waals surface area contributed by atoms with Gasteiger partial charge in [0.1, 0.15) is 5.82 Å². The molecule has 0 fully saturated rings. The molecule has 25 heavy (non-hydrogen) atoms. The van der Waals surface area contributed by atoms with Crippen LogP contribution in [0.3, 0.4) is 0 Å². The molecule has 0 amide bonds. The van der Waals surface area contributed by atoms with Crippen LogP contribution in [0.4, 0.5) is 10.1 Å². The predicted octanol–water partition coefficient (Wildman–Crippen LogP) is 5.85. The van der Waals surface area contributed by atoms with Crippen LogP contribution in [0, 0.1) is 26.6 Å². The lowest BCUT2D eigenvalue weighted by atomic mass is 10.1. The van der Waals surface area contributed by atoms with Crippen LogP contribution in [-0.2, 0) is 6.42 Å². The average molecular weight is 334 g/mol. The van der Waals surface area contributed by atoms with E-state index in [1.807, 2.05) is 6.21 Å². The summed E-state index contributed by atoms with van der Waals surface area (Å²) in [6.45, 7) is 8.54. The van der Waals surface area contributed by atoms with E-state index in [0.29, 0.717) is 5.69 Å². The highest BCUT2D eigenvalue weighted by Crippen LogP contribution is 2.26. The molecule has 0 aliphatic rings. The van der Waals surface area contributed by atoms with E-state index in [9.17, 15) is 4.39 Å². The molecule has 3 aromatic rings. The van der Waals surface area contributed by atoms with Gasteiger partial charge in [-0.05, 0) is 62.6 Å². The molecule has 3 heteroatoms. The molecule has 0 radical (unpaired) electrons. The molecule has 2 aromatic carbocycles. The van der Waals surface area contributed by atoms with Crippen molar-refractivity contribution in [1.29, 1.82) is 0 Å². The molecule has 0 saturated carbocycles. The summed E-state index contributed by atoms with van der Waals surface area (Å²) < 4.78 is 15.6. The minimum atomic E-state index is -0.271. The van der Waals surface area contributed by atoms with E-state index >= 15 is 0 Å². The molecule has 0 saturated heterocycles. The highest BCUT2D eigenvalue weighted by molar-refractivity contribution is 5.84. The fraction of sp³-hybridized carbons (Fsp3) is 0.227. The van der Waals surface area contributed by atoms with Crippen molar-refractivity contribution in [3.63, 3.8) is 0 Å². The number of para-hydroxylation sites is 1. The number of hydrogen-bond acceptors (Lipinski definition) is 1. The second-order valence-corrected chi connectivity index (χ2v) is 6.34. The molecular formula is C22H23FN2. The summed E-state index contributed by atoms with van der Waals surface area (Å²) in [5.74, 6) is -0.271. The van der Waals surface area contributed by atoms with Crippen molar-refractivity contribution < 1.29 is 4.39 Å².